The van der Waals surface area contributed by atoms with Crippen LogP contribution >= 0.6 is 24.8 Å². The van der Waals surface area contributed by atoms with Crippen molar-refractivity contribution in [3.63, 3.8) is 0 Å². The van der Waals surface area contributed by atoms with Crippen LogP contribution in [0, 0.1) is 5.92 Å². The zero-order valence-corrected chi connectivity index (χ0v) is 18.9. The highest BCUT2D eigenvalue weighted by Gasteiger charge is 2.23. The van der Waals surface area contributed by atoms with Crippen molar-refractivity contribution in [2.24, 2.45) is 16.8 Å². The molecule has 1 fully saturated rings. The second kappa shape index (κ2) is 11.6. The van der Waals surface area contributed by atoms with Gasteiger partial charge in [-0.05, 0) is 30.2 Å². The highest BCUT2D eigenvalue weighted by molar-refractivity contribution is 7.89. The Bertz CT molecular complexity index is 782. The van der Waals surface area contributed by atoms with Crippen molar-refractivity contribution in [1.82, 2.24) is 10.2 Å². The van der Waals surface area contributed by atoms with Crippen LogP contribution < -0.4 is 21.1 Å². The van der Waals surface area contributed by atoms with Crippen LogP contribution in [0.1, 0.15) is 13.8 Å². The maximum atomic E-state index is 12.3. The van der Waals surface area contributed by atoms with Gasteiger partial charge in [-0.25, -0.2) is 13.6 Å². The maximum Gasteiger partial charge on any atom is 0.242 e. The minimum Gasteiger partial charge on any atom is -0.368 e. The zero-order valence-electron chi connectivity index (χ0n) is 16.4. The molecular formula is C17H29Cl2N5O4S. The van der Waals surface area contributed by atoms with Gasteiger partial charge in [0.1, 0.15) is 0 Å². The number of nitrogens with two attached hydrogens (primary N) is 2. The number of nitrogens with zero attached hydrogens (tertiary/aromatic N) is 2. The molecule has 1 aromatic rings. The number of primary sulfonamides is 1. The largest absolute Gasteiger partial charge is 0.368 e. The summed E-state index contributed by atoms with van der Waals surface area (Å²) in [6, 6.07) is 5.70. The van der Waals surface area contributed by atoms with Gasteiger partial charge in [0.05, 0.1) is 17.5 Å². The summed E-state index contributed by atoms with van der Waals surface area (Å²) in [5, 5.41) is 7.68. The smallest absolute Gasteiger partial charge is 0.242 e. The SMILES string of the molecule is CC(C)[C@H](N)C(=O)NCC(=O)N1CCN(c2ccc(S(N)(=O)=O)cc2)CC1.Cl.Cl. The predicted molar refractivity (Wildman–Crippen MR) is 117 cm³/mol. The third-order valence-corrected chi connectivity index (χ3v) is 5.53. The quantitative estimate of drug-likeness (QED) is 0.532. The van der Waals surface area contributed by atoms with Crippen molar-refractivity contribution in [3.8, 4) is 0 Å². The molecule has 2 rings (SSSR count). The summed E-state index contributed by atoms with van der Waals surface area (Å²) in [5.74, 6) is -0.472. The van der Waals surface area contributed by atoms with Gasteiger partial charge in [0, 0.05) is 31.9 Å². The number of benzene rings is 1. The Labute approximate surface area is 184 Å². The van der Waals surface area contributed by atoms with Gasteiger partial charge in [-0.2, -0.15) is 0 Å². The third kappa shape index (κ3) is 7.63. The molecular weight excluding hydrogens is 441 g/mol. The summed E-state index contributed by atoms with van der Waals surface area (Å²) < 4.78 is 22.6. The van der Waals surface area contributed by atoms with Crippen LogP contribution in [-0.4, -0.2) is 63.9 Å². The van der Waals surface area contributed by atoms with Gasteiger partial charge >= 0.3 is 0 Å². The average molecular weight is 470 g/mol. The van der Waals surface area contributed by atoms with Crippen molar-refractivity contribution >= 4 is 52.3 Å². The van der Waals surface area contributed by atoms with E-state index >= 15 is 0 Å². The highest BCUT2D eigenvalue weighted by Crippen LogP contribution is 2.19. The molecule has 0 bridgehead atoms. The number of amides is 2. The topological polar surface area (TPSA) is 139 Å². The minimum atomic E-state index is -3.71. The molecule has 29 heavy (non-hydrogen) atoms. The van der Waals surface area contributed by atoms with Crippen molar-refractivity contribution in [3.05, 3.63) is 24.3 Å². The van der Waals surface area contributed by atoms with E-state index in [4.69, 9.17) is 10.9 Å². The molecule has 9 nitrogen and oxygen atoms in total. The van der Waals surface area contributed by atoms with E-state index in [0.717, 1.165) is 5.69 Å². The Hall–Kier alpha value is -1.59. The molecule has 5 N–H and O–H groups in total. The highest BCUT2D eigenvalue weighted by atomic mass is 35.5. The van der Waals surface area contributed by atoms with Crippen LogP contribution in [0.15, 0.2) is 29.2 Å². The van der Waals surface area contributed by atoms with Crippen molar-refractivity contribution in [1.29, 1.82) is 0 Å². The number of nitrogens with one attached hydrogen (secondary N) is 1. The van der Waals surface area contributed by atoms with E-state index in [-0.39, 0.29) is 54.0 Å². The van der Waals surface area contributed by atoms with E-state index in [9.17, 15) is 18.0 Å². The number of carbonyl (C=O) groups excluding carboxylic acids is 2. The van der Waals surface area contributed by atoms with E-state index in [1.165, 1.54) is 12.1 Å². The van der Waals surface area contributed by atoms with E-state index in [1.54, 1.807) is 17.0 Å². The molecule has 1 aromatic carbocycles. The van der Waals surface area contributed by atoms with Crippen LogP contribution in [0.5, 0.6) is 0 Å². The fourth-order valence-corrected chi connectivity index (χ4v) is 3.27. The monoisotopic (exact) mass is 469 g/mol. The molecule has 1 heterocycles. The summed E-state index contributed by atoms with van der Waals surface area (Å²) in [4.78, 5) is 27.9. The van der Waals surface area contributed by atoms with Gasteiger partial charge in [-0.3, -0.25) is 9.59 Å². The number of carbonyl (C=O) groups is 2. The Kier molecular flexibility index (Phi) is 10.9. The molecule has 1 aliphatic heterocycles. The number of piperazine rings is 1. The summed E-state index contributed by atoms with van der Waals surface area (Å²) in [6.07, 6.45) is 0. The Morgan fingerprint density at radius 3 is 2.03 bits per heavy atom. The Morgan fingerprint density at radius 1 is 1.07 bits per heavy atom. The molecule has 0 radical (unpaired) electrons. The number of rotatable bonds is 6. The molecule has 0 aromatic heterocycles. The molecule has 2 amide bonds. The number of anilines is 1. The van der Waals surface area contributed by atoms with Gasteiger partial charge in [0.25, 0.3) is 0 Å². The second-order valence-electron chi connectivity index (χ2n) is 6.89. The maximum absolute atomic E-state index is 12.3. The molecule has 0 aliphatic carbocycles. The van der Waals surface area contributed by atoms with Crippen molar-refractivity contribution in [2.45, 2.75) is 24.8 Å². The fraction of sp³-hybridized carbons (Fsp3) is 0.529. The lowest BCUT2D eigenvalue weighted by Crippen LogP contribution is -2.52. The van der Waals surface area contributed by atoms with Crippen LogP contribution in [0.4, 0.5) is 5.69 Å². The first-order valence-corrected chi connectivity index (χ1v) is 10.3. The van der Waals surface area contributed by atoms with Gasteiger partial charge in [0.15, 0.2) is 0 Å². The van der Waals surface area contributed by atoms with Gasteiger partial charge in [-0.15, -0.1) is 24.8 Å². The van der Waals surface area contributed by atoms with E-state index in [2.05, 4.69) is 10.2 Å². The summed E-state index contributed by atoms with van der Waals surface area (Å²) >= 11 is 0. The third-order valence-electron chi connectivity index (χ3n) is 4.60. The number of hydrogen-bond acceptors (Lipinski definition) is 6. The Balaban J connectivity index is 0.00000392. The summed E-state index contributed by atoms with van der Waals surface area (Å²) in [7, 11) is -3.71. The Morgan fingerprint density at radius 2 is 1.59 bits per heavy atom. The number of halogens is 2. The van der Waals surface area contributed by atoms with Gasteiger partial charge in [-0.1, -0.05) is 13.8 Å². The fourth-order valence-electron chi connectivity index (χ4n) is 2.76. The first-order chi connectivity index (χ1) is 12.6. The lowest BCUT2D eigenvalue weighted by atomic mass is 10.1. The van der Waals surface area contributed by atoms with Crippen LogP contribution in [0.2, 0.25) is 0 Å². The molecule has 0 unspecified atom stereocenters. The first kappa shape index (κ1) is 27.4. The number of hydrogen-bond donors (Lipinski definition) is 3. The van der Waals surface area contributed by atoms with Crippen molar-refractivity contribution in [2.75, 3.05) is 37.6 Å². The lowest BCUT2D eigenvalue weighted by molar-refractivity contribution is -0.133. The predicted octanol–water partition coefficient (Wildman–Crippen LogP) is -0.0743. The minimum absolute atomic E-state index is 0. The van der Waals surface area contributed by atoms with E-state index < -0.39 is 16.1 Å². The second-order valence-corrected chi connectivity index (χ2v) is 8.46. The van der Waals surface area contributed by atoms with Gasteiger partial charge < -0.3 is 20.9 Å². The molecule has 1 aliphatic rings. The van der Waals surface area contributed by atoms with E-state index in [0.29, 0.717) is 26.2 Å². The first-order valence-electron chi connectivity index (χ1n) is 8.78. The van der Waals surface area contributed by atoms with Crippen LogP contribution in [0.3, 0.4) is 0 Å². The van der Waals surface area contributed by atoms with E-state index in [1.807, 2.05) is 13.8 Å². The normalized spacial score (nSPS) is 15.2. The van der Waals surface area contributed by atoms with Gasteiger partial charge in [0.2, 0.25) is 21.8 Å². The molecule has 1 saturated heterocycles. The molecule has 0 saturated carbocycles. The zero-order chi connectivity index (χ0) is 20.2. The molecule has 1 atom stereocenters. The molecule has 12 heteroatoms. The lowest BCUT2D eigenvalue weighted by Gasteiger charge is -2.36. The average Bonchev–Trinajstić information content (AvgIpc) is 2.64. The van der Waals surface area contributed by atoms with Crippen LogP contribution in [0.25, 0.3) is 0 Å². The molecule has 0 spiro atoms. The standard InChI is InChI=1S/C17H27N5O4S.2ClH/c1-12(2)16(18)17(24)20-11-15(23)22-9-7-21(8-10-22)13-3-5-14(6-4-13)27(19,25)26;;/h3-6,12,16H,7-11,18H2,1-2H3,(H,20,24)(H2,19,25,26);2*1H/t16-;;/m0../s1. The van der Waals surface area contributed by atoms with Crippen molar-refractivity contribution < 1.29 is 18.0 Å². The summed E-state index contributed by atoms with van der Waals surface area (Å²) in [5.41, 5.74) is 6.62. The summed E-state index contributed by atoms with van der Waals surface area (Å²) in [6.45, 7) is 5.88. The number of sulfonamides is 1. The molecule has 166 valence electrons. The van der Waals surface area contributed by atoms with Crippen LogP contribution in [-0.2, 0) is 19.6 Å².